The third-order valence-corrected chi connectivity index (χ3v) is 6.57. The Balaban J connectivity index is 3.48. The highest BCUT2D eigenvalue weighted by Gasteiger charge is 2.71. The van der Waals surface area contributed by atoms with Gasteiger partial charge in [0.1, 0.15) is 0 Å². The van der Waals surface area contributed by atoms with Gasteiger partial charge >= 0.3 is 12.4 Å². The number of rotatable bonds is 24. The van der Waals surface area contributed by atoms with Gasteiger partial charge in [0.15, 0.2) is 0 Å². The fourth-order valence-electron chi connectivity index (χ4n) is 4.03. The molecule has 0 heterocycles. The molecule has 0 aliphatic carbocycles. The molecule has 0 spiro atoms. The summed E-state index contributed by atoms with van der Waals surface area (Å²) in [6.07, 6.45) is 2.21. The van der Waals surface area contributed by atoms with Crippen LogP contribution in [0.15, 0.2) is 0 Å². The monoisotopic (exact) mass is 538 g/mol. The van der Waals surface area contributed by atoms with Crippen molar-refractivity contribution in [3.63, 3.8) is 0 Å². The first-order valence-corrected chi connectivity index (χ1v) is 14.0. The molecule has 2 nitrogen and oxygen atoms in total. The first-order chi connectivity index (χ1) is 17.0. The molecule has 0 saturated heterocycles. The van der Waals surface area contributed by atoms with E-state index < -0.39 is 30.9 Å². The summed E-state index contributed by atoms with van der Waals surface area (Å²) in [6, 6.07) is 0. The molecule has 0 bridgehead atoms. The van der Waals surface area contributed by atoms with E-state index in [4.69, 9.17) is 9.47 Å². The minimum atomic E-state index is -5.93. The van der Waals surface area contributed by atoms with Crippen molar-refractivity contribution in [1.82, 2.24) is 0 Å². The van der Waals surface area contributed by atoms with Gasteiger partial charge in [0, 0.05) is 13.2 Å². The van der Waals surface area contributed by atoms with Gasteiger partial charge in [0.05, 0.1) is 12.7 Å². The summed E-state index contributed by atoms with van der Waals surface area (Å²) in [7, 11) is 0. The molecular weight excluding hydrogens is 489 g/mol. The van der Waals surface area contributed by atoms with Crippen LogP contribution in [0.25, 0.3) is 0 Å². The predicted molar refractivity (Wildman–Crippen MR) is 131 cm³/mol. The van der Waals surface area contributed by atoms with Crippen LogP contribution in [0.3, 0.4) is 0 Å². The summed E-state index contributed by atoms with van der Waals surface area (Å²) in [5.74, 6) is 0. The van der Waals surface area contributed by atoms with Crippen molar-refractivity contribution in [2.45, 2.75) is 154 Å². The fraction of sp³-hybridized carbons (Fsp3) is 1.00. The zero-order valence-corrected chi connectivity index (χ0v) is 22.4. The Morgan fingerprint density at radius 1 is 0.528 bits per heavy atom. The fourth-order valence-corrected chi connectivity index (χ4v) is 4.03. The van der Waals surface area contributed by atoms with E-state index in [2.05, 4.69) is 13.8 Å². The van der Waals surface area contributed by atoms with Crippen molar-refractivity contribution < 1.29 is 40.2 Å². The lowest BCUT2D eigenvalue weighted by Crippen LogP contribution is -2.53. The maximum absolute atomic E-state index is 13.5. The Bertz CT molecular complexity index is 481. The van der Waals surface area contributed by atoms with E-state index in [-0.39, 0.29) is 12.5 Å². The molecule has 0 aliphatic rings. The van der Waals surface area contributed by atoms with E-state index in [1.807, 2.05) is 0 Å². The number of unbranched alkanes of at least 4 members (excludes halogenated alkanes) is 14. The van der Waals surface area contributed by atoms with Crippen LogP contribution in [-0.2, 0) is 9.47 Å². The van der Waals surface area contributed by atoms with Crippen molar-refractivity contribution in [1.29, 1.82) is 0 Å². The number of hydrogen-bond acceptors (Lipinski definition) is 2. The van der Waals surface area contributed by atoms with Gasteiger partial charge in [-0.3, -0.25) is 0 Å². The van der Waals surface area contributed by atoms with Crippen molar-refractivity contribution in [2.24, 2.45) is 0 Å². The molecule has 1 unspecified atom stereocenters. The maximum atomic E-state index is 13.5. The second kappa shape index (κ2) is 20.4. The molecule has 0 aliphatic heterocycles. The summed E-state index contributed by atoms with van der Waals surface area (Å²) in [5, 5.41) is 0. The van der Waals surface area contributed by atoms with Crippen molar-refractivity contribution in [2.75, 3.05) is 19.8 Å². The quantitative estimate of drug-likeness (QED) is 0.0899. The molecule has 218 valence electrons. The van der Waals surface area contributed by atoms with Crippen LogP contribution in [0, 0.1) is 0 Å². The standard InChI is InChI=1S/C27H49F7O2/c1-3-5-22-36-24(4-2)23-35-21-19-17-15-13-11-9-7-6-8-10-12-14-16-18-20-25(28,26(29,30)31)27(32,33)34/h24H,3-23H2,1-2H3. The van der Waals surface area contributed by atoms with Gasteiger partial charge in [-0.15, -0.1) is 0 Å². The normalized spacial score (nSPS) is 13.9. The summed E-state index contributed by atoms with van der Waals surface area (Å²) in [6.45, 7) is 6.54. The molecule has 0 rings (SSSR count). The van der Waals surface area contributed by atoms with Crippen LogP contribution in [-0.4, -0.2) is 43.9 Å². The molecule has 0 aromatic carbocycles. The van der Waals surface area contributed by atoms with Crippen LogP contribution >= 0.6 is 0 Å². The number of hydrogen-bond donors (Lipinski definition) is 0. The lowest BCUT2D eigenvalue weighted by atomic mass is 9.95. The average Bonchev–Trinajstić information content (AvgIpc) is 2.80. The maximum Gasteiger partial charge on any atom is 0.431 e. The lowest BCUT2D eigenvalue weighted by molar-refractivity contribution is -0.343. The summed E-state index contributed by atoms with van der Waals surface area (Å²) < 4.78 is 99.9. The highest BCUT2D eigenvalue weighted by atomic mass is 19.4. The SMILES string of the molecule is CCCCOC(CC)COCCCCCCCCCCCCCCCCC(F)(C(F)(F)F)C(F)(F)F. The van der Waals surface area contributed by atoms with Crippen LogP contribution in [0.4, 0.5) is 30.7 Å². The van der Waals surface area contributed by atoms with E-state index in [0.717, 1.165) is 71.0 Å². The van der Waals surface area contributed by atoms with Crippen LogP contribution in [0.2, 0.25) is 0 Å². The summed E-state index contributed by atoms with van der Waals surface area (Å²) in [5.41, 5.74) is -5.10. The van der Waals surface area contributed by atoms with Crippen LogP contribution < -0.4 is 0 Å². The van der Waals surface area contributed by atoms with Crippen molar-refractivity contribution in [3.05, 3.63) is 0 Å². The zero-order valence-electron chi connectivity index (χ0n) is 22.4. The molecule has 0 aromatic heterocycles. The third kappa shape index (κ3) is 16.3. The Morgan fingerprint density at radius 2 is 0.944 bits per heavy atom. The molecule has 0 aromatic rings. The van der Waals surface area contributed by atoms with Crippen LogP contribution in [0.1, 0.15) is 129 Å². The molecule has 0 radical (unpaired) electrons. The minimum absolute atomic E-state index is 0.175. The number of alkyl halides is 7. The molecule has 0 amide bonds. The molecule has 9 heteroatoms. The first-order valence-electron chi connectivity index (χ1n) is 14.0. The molecule has 1 atom stereocenters. The van der Waals surface area contributed by atoms with Gasteiger partial charge in [-0.25, -0.2) is 4.39 Å². The van der Waals surface area contributed by atoms with Gasteiger partial charge in [-0.2, -0.15) is 26.3 Å². The van der Waals surface area contributed by atoms with E-state index >= 15 is 0 Å². The highest BCUT2D eigenvalue weighted by molar-refractivity contribution is 4.94. The Labute approximate surface area is 214 Å². The van der Waals surface area contributed by atoms with Gasteiger partial charge in [0.25, 0.3) is 5.67 Å². The van der Waals surface area contributed by atoms with E-state index in [9.17, 15) is 30.7 Å². The van der Waals surface area contributed by atoms with E-state index in [0.29, 0.717) is 13.0 Å². The average molecular weight is 539 g/mol. The van der Waals surface area contributed by atoms with Gasteiger partial charge in [-0.1, -0.05) is 97.3 Å². The Morgan fingerprint density at radius 3 is 1.33 bits per heavy atom. The van der Waals surface area contributed by atoms with Gasteiger partial charge in [-0.05, 0) is 32.1 Å². The smallest absolute Gasteiger partial charge is 0.379 e. The topological polar surface area (TPSA) is 18.5 Å². The minimum Gasteiger partial charge on any atom is -0.379 e. The highest BCUT2D eigenvalue weighted by Crippen LogP contribution is 2.49. The van der Waals surface area contributed by atoms with Crippen LogP contribution in [0.5, 0.6) is 0 Å². The largest absolute Gasteiger partial charge is 0.431 e. The molecule has 0 saturated carbocycles. The second-order valence-corrected chi connectivity index (χ2v) is 9.83. The van der Waals surface area contributed by atoms with E-state index in [1.54, 1.807) is 0 Å². The summed E-state index contributed by atoms with van der Waals surface area (Å²) in [4.78, 5) is 0. The summed E-state index contributed by atoms with van der Waals surface area (Å²) >= 11 is 0. The molecule has 36 heavy (non-hydrogen) atoms. The lowest BCUT2D eigenvalue weighted by Gasteiger charge is -2.29. The van der Waals surface area contributed by atoms with E-state index in [1.165, 1.54) is 32.1 Å². The predicted octanol–water partition coefficient (Wildman–Crippen LogP) is 10.3. The number of ether oxygens (including phenoxy) is 2. The zero-order chi connectivity index (χ0) is 27.3. The van der Waals surface area contributed by atoms with Gasteiger partial charge < -0.3 is 9.47 Å². The molecular formula is C27H49F7O2. The molecule has 0 N–H and O–H groups in total. The first kappa shape index (κ1) is 35.4. The Hall–Kier alpha value is -0.570. The van der Waals surface area contributed by atoms with Crippen molar-refractivity contribution in [3.8, 4) is 0 Å². The van der Waals surface area contributed by atoms with Crippen molar-refractivity contribution >= 4 is 0 Å². The second-order valence-electron chi connectivity index (χ2n) is 9.83. The Kier molecular flexibility index (Phi) is 20.1. The third-order valence-electron chi connectivity index (χ3n) is 6.57. The molecule has 0 fully saturated rings. The van der Waals surface area contributed by atoms with Gasteiger partial charge in [0.2, 0.25) is 0 Å². The number of halogens is 7.